The van der Waals surface area contributed by atoms with Crippen LogP contribution in [0.3, 0.4) is 0 Å². The molecule has 88 valence electrons. The highest BCUT2D eigenvalue weighted by Gasteiger charge is 2.22. The van der Waals surface area contributed by atoms with Gasteiger partial charge in [0.15, 0.2) is 0 Å². The maximum atomic E-state index is 11.7. The van der Waals surface area contributed by atoms with Gasteiger partial charge in [-0.3, -0.25) is 9.69 Å². The molecule has 0 aliphatic carbocycles. The summed E-state index contributed by atoms with van der Waals surface area (Å²) in [6.07, 6.45) is 0.474. The first-order valence-electron chi connectivity index (χ1n) is 5.78. The van der Waals surface area contributed by atoms with Gasteiger partial charge in [0, 0.05) is 44.7 Å². The van der Waals surface area contributed by atoms with Gasteiger partial charge in [-0.25, -0.2) is 0 Å². The predicted molar refractivity (Wildman–Crippen MR) is 61.6 cm³/mol. The molecule has 4 heteroatoms. The lowest BCUT2D eigenvalue weighted by molar-refractivity contribution is -0.133. The molecule has 2 N–H and O–H groups in total. The van der Waals surface area contributed by atoms with Gasteiger partial charge < -0.3 is 10.6 Å². The van der Waals surface area contributed by atoms with Crippen LogP contribution < -0.4 is 5.73 Å². The monoisotopic (exact) mass is 213 g/mol. The van der Waals surface area contributed by atoms with E-state index in [2.05, 4.69) is 18.7 Å². The topological polar surface area (TPSA) is 49.6 Å². The molecule has 15 heavy (non-hydrogen) atoms. The first kappa shape index (κ1) is 12.5. The molecule has 0 bridgehead atoms. The third kappa shape index (κ3) is 3.80. The van der Waals surface area contributed by atoms with Crippen molar-refractivity contribution in [1.29, 1.82) is 0 Å². The van der Waals surface area contributed by atoms with E-state index in [1.54, 1.807) is 0 Å². The molecule has 1 aliphatic heterocycles. The third-order valence-corrected chi connectivity index (χ3v) is 2.89. The number of hydrogen-bond donors (Lipinski definition) is 1. The number of nitrogens with two attached hydrogens (primary N) is 1. The van der Waals surface area contributed by atoms with E-state index in [-0.39, 0.29) is 11.9 Å². The molecule has 1 aliphatic rings. The summed E-state index contributed by atoms with van der Waals surface area (Å²) in [5, 5.41) is 0. The van der Waals surface area contributed by atoms with Crippen molar-refractivity contribution in [3.05, 3.63) is 0 Å². The van der Waals surface area contributed by atoms with Crippen LogP contribution in [0.25, 0.3) is 0 Å². The Kier molecular flexibility index (Phi) is 4.54. The molecule has 1 heterocycles. The number of amides is 1. The quantitative estimate of drug-likeness (QED) is 0.732. The van der Waals surface area contributed by atoms with Crippen LogP contribution >= 0.6 is 0 Å². The van der Waals surface area contributed by atoms with Gasteiger partial charge in [0.2, 0.25) is 5.91 Å². The van der Waals surface area contributed by atoms with Gasteiger partial charge in [0.1, 0.15) is 0 Å². The third-order valence-electron chi connectivity index (χ3n) is 2.89. The summed E-state index contributed by atoms with van der Waals surface area (Å²) in [6, 6.07) is 0.552. The van der Waals surface area contributed by atoms with Crippen molar-refractivity contribution < 1.29 is 4.79 Å². The number of carbonyl (C=O) groups excluding carboxylic acids is 1. The minimum Gasteiger partial charge on any atom is -0.340 e. The Hall–Kier alpha value is -0.610. The Bertz CT molecular complexity index is 208. The molecule has 1 fully saturated rings. The first-order chi connectivity index (χ1) is 7.00. The molecule has 4 nitrogen and oxygen atoms in total. The Morgan fingerprint density at radius 1 is 1.20 bits per heavy atom. The predicted octanol–water partition coefficient (Wildman–Crippen LogP) is 0.276. The van der Waals surface area contributed by atoms with Crippen molar-refractivity contribution in [3.63, 3.8) is 0 Å². The van der Waals surface area contributed by atoms with Crippen LogP contribution in [-0.4, -0.2) is 54.0 Å². The Balaban J connectivity index is 2.34. The fourth-order valence-corrected chi connectivity index (χ4v) is 1.89. The zero-order valence-corrected chi connectivity index (χ0v) is 10.1. The largest absolute Gasteiger partial charge is 0.340 e. The lowest BCUT2D eigenvalue weighted by atomic mass is 10.2. The van der Waals surface area contributed by atoms with Crippen LogP contribution in [0.5, 0.6) is 0 Å². The standard InChI is InChI=1S/C11H23N3O/c1-9(2)13-4-6-14(7-5-13)11(15)8-10(3)12/h9-10H,4-8,12H2,1-3H3/t10-/m0/s1. The average molecular weight is 213 g/mol. The highest BCUT2D eigenvalue weighted by atomic mass is 16.2. The molecule has 1 rings (SSSR count). The number of rotatable bonds is 3. The Morgan fingerprint density at radius 2 is 1.73 bits per heavy atom. The van der Waals surface area contributed by atoms with Crippen LogP contribution in [-0.2, 0) is 4.79 Å². The van der Waals surface area contributed by atoms with E-state index in [1.165, 1.54) is 0 Å². The van der Waals surface area contributed by atoms with Crippen molar-refractivity contribution in [2.24, 2.45) is 5.73 Å². The summed E-state index contributed by atoms with van der Waals surface area (Å²) in [4.78, 5) is 16.0. The second kappa shape index (κ2) is 5.47. The lowest BCUT2D eigenvalue weighted by Crippen LogP contribution is -2.51. The molecule has 0 aromatic carbocycles. The maximum absolute atomic E-state index is 11.7. The average Bonchev–Trinajstić information content (AvgIpc) is 2.17. The van der Waals surface area contributed by atoms with Gasteiger partial charge in [-0.2, -0.15) is 0 Å². The Morgan fingerprint density at radius 3 is 2.13 bits per heavy atom. The lowest BCUT2D eigenvalue weighted by Gasteiger charge is -2.37. The van der Waals surface area contributed by atoms with Crippen molar-refractivity contribution in [2.45, 2.75) is 39.3 Å². The second-order valence-electron chi connectivity index (χ2n) is 4.69. The summed E-state index contributed by atoms with van der Waals surface area (Å²) in [5.74, 6) is 0.202. The summed E-state index contributed by atoms with van der Waals surface area (Å²) >= 11 is 0. The van der Waals surface area contributed by atoms with E-state index in [1.807, 2.05) is 11.8 Å². The zero-order chi connectivity index (χ0) is 11.4. The van der Waals surface area contributed by atoms with E-state index in [4.69, 9.17) is 5.73 Å². The van der Waals surface area contributed by atoms with Gasteiger partial charge in [0.05, 0.1) is 0 Å². The van der Waals surface area contributed by atoms with E-state index in [0.717, 1.165) is 26.2 Å². The fourth-order valence-electron chi connectivity index (χ4n) is 1.89. The highest BCUT2D eigenvalue weighted by molar-refractivity contribution is 5.76. The number of nitrogens with zero attached hydrogens (tertiary/aromatic N) is 2. The van der Waals surface area contributed by atoms with E-state index < -0.39 is 0 Å². The van der Waals surface area contributed by atoms with Gasteiger partial charge in [-0.15, -0.1) is 0 Å². The molecule has 0 saturated carbocycles. The molecule has 1 saturated heterocycles. The molecule has 0 spiro atoms. The highest BCUT2D eigenvalue weighted by Crippen LogP contribution is 2.07. The summed E-state index contributed by atoms with van der Waals surface area (Å²) in [5.41, 5.74) is 5.62. The van der Waals surface area contributed by atoms with Crippen molar-refractivity contribution in [3.8, 4) is 0 Å². The van der Waals surface area contributed by atoms with Crippen molar-refractivity contribution in [2.75, 3.05) is 26.2 Å². The van der Waals surface area contributed by atoms with Crippen molar-refractivity contribution in [1.82, 2.24) is 9.80 Å². The summed E-state index contributed by atoms with van der Waals surface area (Å²) in [7, 11) is 0. The van der Waals surface area contributed by atoms with Gasteiger partial charge in [0.25, 0.3) is 0 Å². The first-order valence-corrected chi connectivity index (χ1v) is 5.78. The second-order valence-corrected chi connectivity index (χ2v) is 4.69. The number of carbonyl (C=O) groups is 1. The zero-order valence-electron chi connectivity index (χ0n) is 10.1. The number of piperazine rings is 1. The van der Waals surface area contributed by atoms with E-state index in [0.29, 0.717) is 12.5 Å². The van der Waals surface area contributed by atoms with Crippen molar-refractivity contribution >= 4 is 5.91 Å². The van der Waals surface area contributed by atoms with Crippen LogP contribution in [0.1, 0.15) is 27.2 Å². The van der Waals surface area contributed by atoms with Crippen LogP contribution in [0.2, 0.25) is 0 Å². The minimum atomic E-state index is -0.0272. The molecule has 0 radical (unpaired) electrons. The fraction of sp³-hybridized carbons (Fsp3) is 0.909. The normalized spacial score (nSPS) is 20.7. The van der Waals surface area contributed by atoms with Gasteiger partial charge in [-0.05, 0) is 20.8 Å². The van der Waals surface area contributed by atoms with Crippen LogP contribution in [0, 0.1) is 0 Å². The van der Waals surface area contributed by atoms with Gasteiger partial charge >= 0.3 is 0 Å². The number of hydrogen-bond acceptors (Lipinski definition) is 3. The minimum absolute atomic E-state index is 0.0272. The summed E-state index contributed by atoms with van der Waals surface area (Å²) < 4.78 is 0. The van der Waals surface area contributed by atoms with E-state index >= 15 is 0 Å². The molecule has 0 unspecified atom stereocenters. The van der Waals surface area contributed by atoms with E-state index in [9.17, 15) is 4.79 Å². The maximum Gasteiger partial charge on any atom is 0.224 e. The molecule has 1 amide bonds. The Labute approximate surface area is 92.4 Å². The van der Waals surface area contributed by atoms with Crippen LogP contribution in [0.15, 0.2) is 0 Å². The molecular weight excluding hydrogens is 190 g/mol. The smallest absolute Gasteiger partial charge is 0.224 e. The molecular formula is C11H23N3O. The van der Waals surface area contributed by atoms with Crippen LogP contribution in [0.4, 0.5) is 0 Å². The van der Waals surface area contributed by atoms with Gasteiger partial charge in [-0.1, -0.05) is 0 Å². The SMILES string of the molecule is CC(C)N1CCN(C(=O)C[C@H](C)N)CC1. The molecule has 1 atom stereocenters. The molecule has 0 aromatic rings. The summed E-state index contributed by atoms with van der Waals surface area (Å²) in [6.45, 7) is 9.94. The molecule has 0 aromatic heterocycles.